The van der Waals surface area contributed by atoms with Crippen LogP contribution in [0.15, 0.2) is 0 Å². The van der Waals surface area contributed by atoms with Gasteiger partial charge in [0, 0.05) is 0 Å². The molecule has 0 aromatic carbocycles. The monoisotopic (exact) mass is 241 g/mol. The van der Waals surface area contributed by atoms with Gasteiger partial charge in [-0.25, -0.2) is 0 Å². The SMILES string of the molecule is CC(CCC1CCNCC1)OC(=O)C(C)(C)C. The fourth-order valence-corrected chi connectivity index (χ4v) is 2.06. The van der Waals surface area contributed by atoms with Crippen molar-refractivity contribution in [2.75, 3.05) is 13.1 Å². The van der Waals surface area contributed by atoms with Crippen molar-refractivity contribution in [1.29, 1.82) is 0 Å². The molecule has 1 unspecified atom stereocenters. The second-order valence-corrected chi connectivity index (χ2v) is 6.24. The highest BCUT2D eigenvalue weighted by atomic mass is 16.5. The molecule has 1 rings (SSSR count). The molecule has 3 nitrogen and oxygen atoms in total. The van der Waals surface area contributed by atoms with Crippen LogP contribution in [0.4, 0.5) is 0 Å². The Morgan fingerprint density at radius 2 is 1.94 bits per heavy atom. The molecule has 0 saturated carbocycles. The van der Waals surface area contributed by atoms with Crippen LogP contribution >= 0.6 is 0 Å². The number of ether oxygens (including phenoxy) is 1. The molecule has 1 saturated heterocycles. The molecular formula is C14H27NO2. The summed E-state index contributed by atoms with van der Waals surface area (Å²) in [7, 11) is 0. The maximum Gasteiger partial charge on any atom is 0.311 e. The van der Waals surface area contributed by atoms with Gasteiger partial charge in [-0.1, -0.05) is 0 Å². The van der Waals surface area contributed by atoms with E-state index in [2.05, 4.69) is 5.32 Å². The van der Waals surface area contributed by atoms with Gasteiger partial charge in [-0.2, -0.15) is 0 Å². The smallest absolute Gasteiger partial charge is 0.311 e. The van der Waals surface area contributed by atoms with Crippen LogP contribution in [0.25, 0.3) is 0 Å². The van der Waals surface area contributed by atoms with Gasteiger partial charge >= 0.3 is 5.97 Å². The molecule has 1 atom stereocenters. The summed E-state index contributed by atoms with van der Waals surface area (Å²) in [5.74, 6) is 0.724. The van der Waals surface area contributed by atoms with Crippen molar-refractivity contribution in [3.63, 3.8) is 0 Å². The first-order valence-electron chi connectivity index (χ1n) is 6.81. The maximum atomic E-state index is 11.7. The van der Waals surface area contributed by atoms with E-state index < -0.39 is 0 Å². The minimum absolute atomic E-state index is 0.0524. The lowest BCUT2D eigenvalue weighted by Gasteiger charge is -2.25. The van der Waals surface area contributed by atoms with Crippen molar-refractivity contribution in [2.45, 2.75) is 59.5 Å². The summed E-state index contributed by atoms with van der Waals surface area (Å²) in [6.45, 7) is 9.98. The summed E-state index contributed by atoms with van der Waals surface area (Å²) in [5, 5.41) is 3.37. The number of hydrogen-bond acceptors (Lipinski definition) is 3. The zero-order chi connectivity index (χ0) is 12.9. The normalized spacial score (nSPS) is 20.0. The number of nitrogens with one attached hydrogen (secondary N) is 1. The van der Waals surface area contributed by atoms with Crippen molar-refractivity contribution in [2.24, 2.45) is 11.3 Å². The Morgan fingerprint density at radius 3 is 2.47 bits per heavy atom. The Hall–Kier alpha value is -0.570. The topological polar surface area (TPSA) is 38.3 Å². The van der Waals surface area contributed by atoms with Crippen LogP contribution in [0.3, 0.4) is 0 Å². The minimum Gasteiger partial charge on any atom is -0.462 e. The molecule has 1 aliphatic heterocycles. The fourth-order valence-electron chi connectivity index (χ4n) is 2.06. The lowest BCUT2D eigenvalue weighted by molar-refractivity contribution is -0.158. The number of hydrogen-bond donors (Lipinski definition) is 1. The molecule has 1 N–H and O–H groups in total. The Balaban J connectivity index is 2.20. The van der Waals surface area contributed by atoms with E-state index in [1.807, 2.05) is 27.7 Å². The summed E-state index contributed by atoms with van der Waals surface area (Å²) in [5.41, 5.74) is -0.386. The van der Waals surface area contributed by atoms with Crippen molar-refractivity contribution < 1.29 is 9.53 Å². The standard InChI is InChI=1S/C14H27NO2/c1-11(17-13(16)14(2,3)4)5-6-12-7-9-15-10-8-12/h11-12,15H,5-10H2,1-4H3. The van der Waals surface area contributed by atoms with Crippen LogP contribution in [0.1, 0.15) is 53.4 Å². The lowest BCUT2D eigenvalue weighted by atomic mass is 9.92. The first-order chi connectivity index (χ1) is 7.89. The Kier molecular flexibility index (Phi) is 5.44. The van der Waals surface area contributed by atoms with Gasteiger partial charge in [0.1, 0.15) is 0 Å². The van der Waals surface area contributed by atoms with Gasteiger partial charge in [0.15, 0.2) is 0 Å². The summed E-state index contributed by atoms with van der Waals surface area (Å²) in [6, 6.07) is 0. The van der Waals surface area contributed by atoms with Crippen molar-refractivity contribution in [1.82, 2.24) is 5.32 Å². The van der Waals surface area contributed by atoms with Crippen molar-refractivity contribution >= 4 is 5.97 Å². The molecule has 0 amide bonds. The highest BCUT2D eigenvalue weighted by molar-refractivity contribution is 5.75. The van der Waals surface area contributed by atoms with Gasteiger partial charge < -0.3 is 10.1 Å². The van der Waals surface area contributed by atoms with Crippen LogP contribution in [0.5, 0.6) is 0 Å². The van der Waals surface area contributed by atoms with Crippen LogP contribution < -0.4 is 5.32 Å². The average Bonchev–Trinajstić information content (AvgIpc) is 2.26. The van der Waals surface area contributed by atoms with E-state index in [0.717, 1.165) is 25.4 Å². The van der Waals surface area contributed by atoms with Gasteiger partial charge in [-0.3, -0.25) is 4.79 Å². The number of piperidine rings is 1. The molecule has 17 heavy (non-hydrogen) atoms. The number of carbonyl (C=O) groups is 1. The van der Waals surface area contributed by atoms with Gasteiger partial charge in [0.25, 0.3) is 0 Å². The molecule has 3 heteroatoms. The van der Waals surface area contributed by atoms with Crippen LogP contribution in [0, 0.1) is 11.3 Å². The molecule has 1 aliphatic rings. The highest BCUT2D eigenvalue weighted by Crippen LogP contribution is 2.21. The third-order valence-corrected chi connectivity index (χ3v) is 3.36. The first-order valence-corrected chi connectivity index (χ1v) is 6.81. The summed E-state index contributed by atoms with van der Waals surface area (Å²) in [4.78, 5) is 11.7. The largest absolute Gasteiger partial charge is 0.462 e. The maximum absolute atomic E-state index is 11.7. The second kappa shape index (κ2) is 6.39. The highest BCUT2D eigenvalue weighted by Gasteiger charge is 2.25. The zero-order valence-corrected chi connectivity index (χ0v) is 11.7. The summed E-state index contributed by atoms with van der Waals surface area (Å²) in [6.07, 6.45) is 4.75. The van der Waals surface area contributed by atoms with Crippen LogP contribution in [0.2, 0.25) is 0 Å². The molecule has 0 spiro atoms. The summed E-state index contributed by atoms with van der Waals surface area (Å²) >= 11 is 0. The van der Waals surface area contributed by atoms with E-state index in [1.165, 1.54) is 19.3 Å². The average molecular weight is 241 g/mol. The van der Waals surface area contributed by atoms with Gasteiger partial charge in [0.2, 0.25) is 0 Å². The van der Waals surface area contributed by atoms with Crippen LogP contribution in [-0.2, 0) is 9.53 Å². The van der Waals surface area contributed by atoms with E-state index in [1.54, 1.807) is 0 Å². The third-order valence-electron chi connectivity index (χ3n) is 3.36. The molecule has 1 heterocycles. The fraction of sp³-hybridized carbons (Fsp3) is 0.929. The predicted molar refractivity (Wildman–Crippen MR) is 69.8 cm³/mol. The number of carbonyl (C=O) groups excluding carboxylic acids is 1. The Labute approximate surface area is 105 Å². The number of rotatable bonds is 4. The molecule has 0 radical (unpaired) electrons. The molecule has 0 aliphatic carbocycles. The van der Waals surface area contributed by atoms with Gasteiger partial charge in [-0.15, -0.1) is 0 Å². The van der Waals surface area contributed by atoms with E-state index in [0.29, 0.717) is 0 Å². The molecule has 0 aromatic heterocycles. The van der Waals surface area contributed by atoms with Crippen LogP contribution in [-0.4, -0.2) is 25.2 Å². The quantitative estimate of drug-likeness (QED) is 0.769. The molecule has 0 bridgehead atoms. The first kappa shape index (κ1) is 14.5. The molecule has 100 valence electrons. The lowest BCUT2D eigenvalue weighted by Crippen LogP contribution is -2.29. The van der Waals surface area contributed by atoms with Gasteiger partial charge in [-0.05, 0) is 72.4 Å². The minimum atomic E-state index is -0.386. The zero-order valence-electron chi connectivity index (χ0n) is 11.7. The molecule has 0 aromatic rings. The molecular weight excluding hydrogens is 214 g/mol. The van der Waals surface area contributed by atoms with Crippen molar-refractivity contribution in [3.05, 3.63) is 0 Å². The predicted octanol–water partition coefficient (Wildman–Crippen LogP) is 2.74. The molecule has 1 fully saturated rings. The third kappa shape index (κ3) is 5.53. The second-order valence-electron chi connectivity index (χ2n) is 6.24. The Morgan fingerprint density at radius 1 is 1.35 bits per heavy atom. The Bertz CT molecular complexity index is 239. The summed E-state index contributed by atoms with van der Waals surface area (Å²) < 4.78 is 5.45. The van der Waals surface area contributed by atoms with Gasteiger partial charge in [0.05, 0.1) is 11.5 Å². The van der Waals surface area contributed by atoms with E-state index >= 15 is 0 Å². The number of esters is 1. The van der Waals surface area contributed by atoms with E-state index in [4.69, 9.17) is 4.74 Å². The van der Waals surface area contributed by atoms with E-state index in [-0.39, 0.29) is 17.5 Å². The van der Waals surface area contributed by atoms with Crippen molar-refractivity contribution in [3.8, 4) is 0 Å². The van der Waals surface area contributed by atoms with E-state index in [9.17, 15) is 4.79 Å².